The van der Waals surface area contributed by atoms with E-state index in [9.17, 15) is 0 Å². The van der Waals surface area contributed by atoms with Crippen LogP contribution in [-0.2, 0) is 0 Å². The second-order valence-electron chi connectivity index (χ2n) is 5.27. The van der Waals surface area contributed by atoms with Crippen LogP contribution in [0.15, 0.2) is 0 Å². The average Bonchev–Trinajstić information content (AvgIpc) is 2.59. The van der Waals surface area contributed by atoms with E-state index in [4.69, 9.17) is 5.73 Å². The van der Waals surface area contributed by atoms with Gasteiger partial charge in [-0.3, -0.25) is 4.90 Å². The van der Waals surface area contributed by atoms with Gasteiger partial charge in [0, 0.05) is 18.1 Å². The zero-order valence-electron chi connectivity index (χ0n) is 10.7. The smallest absolute Gasteiger partial charge is 0.0113 e. The van der Waals surface area contributed by atoms with Gasteiger partial charge in [-0.05, 0) is 46.1 Å². The zero-order valence-corrected chi connectivity index (χ0v) is 10.7. The van der Waals surface area contributed by atoms with Gasteiger partial charge in [0.25, 0.3) is 0 Å². The van der Waals surface area contributed by atoms with Crippen LogP contribution in [-0.4, -0.2) is 29.6 Å². The van der Waals surface area contributed by atoms with Crippen molar-refractivity contribution in [1.29, 1.82) is 0 Å². The van der Waals surface area contributed by atoms with Crippen LogP contribution in [0, 0.1) is 0 Å². The molecular formula is C13H28N2. The first kappa shape index (κ1) is 13.0. The van der Waals surface area contributed by atoms with Crippen LogP contribution in [0.4, 0.5) is 0 Å². The van der Waals surface area contributed by atoms with Crippen molar-refractivity contribution in [1.82, 2.24) is 4.90 Å². The minimum atomic E-state index is 0.461. The Kier molecular flexibility index (Phi) is 5.62. The standard InChI is InChI=1S/C13H28N2/c1-4-5-6-9-15(11(2)3)13-8-7-12(14)10-13/h11-13H,4-10,14H2,1-3H3. The van der Waals surface area contributed by atoms with Gasteiger partial charge in [0.05, 0.1) is 0 Å². The number of unbranched alkanes of at least 4 members (excludes halogenated alkanes) is 2. The summed E-state index contributed by atoms with van der Waals surface area (Å²) in [6, 6.07) is 1.90. The fourth-order valence-corrected chi connectivity index (χ4v) is 2.70. The predicted octanol–water partition coefficient (Wildman–Crippen LogP) is 2.77. The molecule has 0 aromatic rings. The highest BCUT2D eigenvalue weighted by Gasteiger charge is 2.28. The van der Waals surface area contributed by atoms with E-state index in [1.807, 2.05) is 0 Å². The van der Waals surface area contributed by atoms with Gasteiger partial charge in [0.1, 0.15) is 0 Å². The molecule has 1 aliphatic carbocycles. The summed E-state index contributed by atoms with van der Waals surface area (Å²) in [5, 5.41) is 0. The number of nitrogens with two attached hydrogens (primary N) is 1. The molecule has 0 spiro atoms. The van der Waals surface area contributed by atoms with Gasteiger partial charge in [-0.25, -0.2) is 0 Å². The molecule has 0 bridgehead atoms. The molecule has 2 nitrogen and oxygen atoms in total. The Bertz CT molecular complexity index is 168. The lowest BCUT2D eigenvalue weighted by Gasteiger charge is -2.32. The van der Waals surface area contributed by atoms with E-state index in [0.717, 1.165) is 6.04 Å². The molecule has 0 heterocycles. The summed E-state index contributed by atoms with van der Waals surface area (Å²) in [6.45, 7) is 8.17. The lowest BCUT2D eigenvalue weighted by Crippen LogP contribution is -2.40. The van der Waals surface area contributed by atoms with Crippen LogP contribution in [0.25, 0.3) is 0 Å². The zero-order chi connectivity index (χ0) is 11.3. The van der Waals surface area contributed by atoms with Crippen LogP contribution >= 0.6 is 0 Å². The third-order valence-electron chi connectivity index (χ3n) is 3.60. The van der Waals surface area contributed by atoms with E-state index in [1.165, 1.54) is 45.1 Å². The highest BCUT2D eigenvalue weighted by atomic mass is 15.2. The predicted molar refractivity (Wildman–Crippen MR) is 67.0 cm³/mol. The van der Waals surface area contributed by atoms with Crippen molar-refractivity contribution in [3.63, 3.8) is 0 Å². The van der Waals surface area contributed by atoms with Crippen molar-refractivity contribution in [2.24, 2.45) is 5.73 Å². The Balaban J connectivity index is 2.36. The Hall–Kier alpha value is -0.0800. The third-order valence-corrected chi connectivity index (χ3v) is 3.60. The largest absolute Gasteiger partial charge is 0.328 e. The molecule has 1 aliphatic rings. The van der Waals surface area contributed by atoms with Crippen molar-refractivity contribution in [2.75, 3.05) is 6.54 Å². The first-order valence-corrected chi connectivity index (χ1v) is 6.66. The maximum atomic E-state index is 5.99. The van der Waals surface area contributed by atoms with Crippen LogP contribution in [0.5, 0.6) is 0 Å². The fraction of sp³-hybridized carbons (Fsp3) is 1.00. The van der Waals surface area contributed by atoms with Crippen LogP contribution in [0.1, 0.15) is 59.3 Å². The lowest BCUT2D eigenvalue weighted by atomic mass is 10.1. The SMILES string of the molecule is CCCCCN(C(C)C)C1CCC(N)C1. The molecule has 2 unspecified atom stereocenters. The van der Waals surface area contributed by atoms with E-state index < -0.39 is 0 Å². The topological polar surface area (TPSA) is 29.3 Å². The van der Waals surface area contributed by atoms with Gasteiger partial charge in [-0.15, -0.1) is 0 Å². The maximum absolute atomic E-state index is 5.99. The first-order chi connectivity index (χ1) is 7.15. The second kappa shape index (κ2) is 6.49. The van der Waals surface area contributed by atoms with E-state index in [2.05, 4.69) is 25.7 Å². The van der Waals surface area contributed by atoms with E-state index >= 15 is 0 Å². The van der Waals surface area contributed by atoms with Gasteiger partial charge in [0.15, 0.2) is 0 Å². The maximum Gasteiger partial charge on any atom is 0.0113 e. The average molecular weight is 212 g/mol. The molecule has 0 aromatic carbocycles. The van der Waals surface area contributed by atoms with Gasteiger partial charge in [-0.1, -0.05) is 19.8 Å². The summed E-state index contributed by atoms with van der Waals surface area (Å²) >= 11 is 0. The Morgan fingerprint density at radius 3 is 2.47 bits per heavy atom. The molecule has 2 heteroatoms. The van der Waals surface area contributed by atoms with E-state index in [-0.39, 0.29) is 0 Å². The van der Waals surface area contributed by atoms with Crippen LogP contribution < -0.4 is 5.73 Å². The molecule has 0 aliphatic heterocycles. The summed E-state index contributed by atoms with van der Waals surface area (Å²) < 4.78 is 0. The molecule has 1 rings (SSSR count). The lowest BCUT2D eigenvalue weighted by molar-refractivity contribution is 0.151. The van der Waals surface area contributed by atoms with Gasteiger partial charge in [-0.2, -0.15) is 0 Å². The summed E-state index contributed by atoms with van der Waals surface area (Å²) in [4.78, 5) is 2.67. The number of hydrogen-bond acceptors (Lipinski definition) is 2. The number of nitrogens with zero attached hydrogens (tertiary/aromatic N) is 1. The van der Waals surface area contributed by atoms with Gasteiger partial charge >= 0.3 is 0 Å². The molecule has 1 saturated carbocycles. The van der Waals surface area contributed by atoms with Crippen molar-refractivity contribution >= 4 is 0 Å². The molecule has 0 amide bonds. The molecule has 0 radical (unpaired) electrons. The highest BCUT2D eigenvalue weighted by molar-refractivity contribution is 4.86. The van der Waals surface area contributed by atoms with Crippen molar-refractivity contribution in [3.8, 4) is 0 Å². The Morgan fingerprint density at radius 1 is 1.27 bits per heavy atom. The molecule has 2 atom stereocenters. The minimum absolute atomic E-state index is 0.461. The summed E-state index contributed by atoms with van der Waals surface area (Å²) in [6.07, 6.45) is 7.77. The van der Waals surface area contributed by atoms with Gasteiger partial charge in [0.2, 0.25) is 0 Å². The third kappa shape index (κ3) is 4.12. The van der Waals surface area contributed by atoms with Crippen molar-refractivity contribution in [3.05, 3.63) is 0 Å². The molecular weight excluding hydrogens is 184 g/mol. The van der Waals surface area contributed by atoms with Crippen molar-refractivity contribution < 1.29 is 0 Å². The molecule has 15 heavy (non-hydrogen) atoms. The molecule has 2 N–H and O–H groups in total. The normalized spacial score (nSPS) is 26.8. The van der Waals surface area contributed by atoms with Crippen molar-refractivity contribution in [2.45, 2.75) is 77.4 Å². The van der Waals surface area contributed by atoms with Gasteiger partial charge < -0.3 is 5.73 Å². The van der Waals surface area contributed by atoms with E-state index in [0.29, 0.717) is 12.1 Å². The monoisotopic (exact) mass is 212 g/mol. The quantitative estimate of drug-likeness (QED) is 0.686. The molecule has 1 fully saturated rings. The summed E-state index contributed by atoms with van der Waals surface area (Å²) in [7, 11) is 0. The summed E-state index contributed by atoms with van der Waals surface area (Å²) in [5.41, 5.74) is 5.99. The summed E-state index contributed by atoms with van der Waals surface area (Å²) in [5.74, 6) is 0. The Labute approximate surface area is 95.2 Å². The highest BCUT2D eigenvalue weighted by Crippen LogP contribution is 2.24. The second-order valence-corrected chi connectivity index (χ2v) is 5.27. The fourth-order valence-electron chi connectivity index (χ4n) is 2.70. The molecule has 0 saturated heterocycles. The Morgan fingerprint density at radius 2 is 2.00 bits per heavy atom. The molecule has 90 valence electrons. The van der Waals surface area contributed by atoms with Crippen LogP contribution in [0.2, 0.25) is 0 Å². The van der Waals surface area contributed by atoms with E-state index in [1.54, 1.807) is 0 Å². The van der Waals surface area contributed by atoms with Crippen LogP contribution in [0.3, 0.4) is 0 Å². The number of rotatable bonds is 6. The minimum Gasteiger partial charge on any atom is -0.328 e. The molecule has 0 aromatic heterocycles. The first-order valence-electron chi connectivity index (χ1n) is 6.66. The number of hydrogen-bond donors (Lipinski definition) is 1.